The summed E-state index contributed by atoms with van der Waals surface area (Å²) in [6.07, 6.45) is -2.52. The van der Waals surface area contributed by atoms with Crippen molar-refractivity contribution in [2.75, 3.05) is 18.4 Å². The number of carbonyl (C=O) groups excluding carboxylic acids is 1. The molecule has 4 nitrogen and oxygen atoms in total. The van der Waals surface area contributed by atoms with Gasteiger partial charge in [0.1, 0.15) is 5.82 Å². The molecule has 0 bridgehead atoms. The Morgan fingerprint density at radius 3 is 2.46 bits per heavy atom. The number of anilines is 1. The zero-order valence-electron chi connectivity index (χ0n) is 14.5. The van der Waals surface area contributed by atoms with Gasteiger partial charge < -0.3 is 10.6 Å². The maximum absolute atomic E-state index is 12.4. The summed E-state index contributed by atoms with van der Waals surface area (Å²) >= 11 is 0. The Morgan fingerprint density at radius 2 is 1.85 bits per heavy atom. The predicted molar refractivity (Wildman–Crippen MR) is 94.8 cm³/mol. The first-order valence-corrected chi connectivity index (χ1v) is 8.45. The van der Waals surface area contributed by atoms with Gasteiger partial charge in [-0.05, 0) is 30.0 Å². The fourth-order valence-corrected chi connectivity index (χ4v) is 2.45. The number of carbonyl (C=O) groups is 1. The van der Waals surface area contributed by atoms with E-state index in [-0.39, 0.29) is 11.8 Å². The van der Waals surface area contributed by atoms with Crippen LogP contribution in [0.3, 0.4) is 0 Å². The number of alkyl halides is 3. The quantitative estimate of drug-likeness (QED) is 0.689. The van der Waals surface area contributed by atoms with Gasteiger partial charge in [0, 0.05) is 25.7 Å². The number of rotatable bonds is 8. The molecule has 26 heavy (non-hydrogen) atoms. The topological polar surface area (TPSA) is 54.0 Å². The monoisotopic (exact) mass is 365 g/mol. The third-order valence-corrected chi connectivity index (χ3v) is 3.93. The average molecular weight is 365 g/mol. The maximum Gasteiger partial charge on any atom is 0.417 e. The Labute approximate surface area is 150 Å². The number of halogens is 3. The highest BCUT2D eigenvalue weighted by molar-refractivity contribution is 5.76. The number of amides is 1. The molecule has 1 atom stereocenters. The Balaban J connectivity index is 1.63. The summed E-state index contributed by atoms with van der Waals surface area (Å²) < 4.78 is 37.3. The van der Waals surface area contributed by atoms with E-state index in [1.807, 2.05) is 37.3 Å². The molecule has 0 saturated heterocycles. The molecular weight excluding hydrogens is 343 g/mol. The minimum atomic E-state index is -4.38. The molecule has 2 rings (SSSR count). The molecule has 0 aliphatic carbocycles. The van der Waals surface area contributed by atoms with Gasteiger partial charge in [0.25, 0.3) is 0 Å². The normalized spacial score (nSPS) is 12.5. The van der Waals surface area contributed by atoms with E-state index in [1.54, 1.807) is 0 Å². The van der Waals surface area contributed by atoms with E-state index in [4.69, 9.17) is 0 Å². The zero-order valence-corrected chi connectivity index (χ0v) is 14.5. The minimum Gasteiger partial charge on any atom is -0.370 e. The highest BCUT2D eigenvalue weighted by atomic mass is 19.4. The van der Waals surface area contributed by atoms with E-state index in [1.165, 1.54) is 6.07 Å². The van der Waals surface area contributed by atoms with Gasteiger partial charge in [-0.3, -0.25) is 4.79 Å². The lowest BCUT2D eigenvalue weighted by atomic mass is 9.98. The fraction of sp³-hybridized carbons (Fsp3) is 0.368. The Bertz CT molecular complexity index is 687. The van der Waals surface area contributed by atoms with E-state index in [0.29, 0.717) is 31.7 Å². The molecular formula is C19H22F3N3O. The van der Waals surface area contributed by atoms with Crippen molar-refractivity contribution < 1.29 is 18.0 Å². The highest BCUT2D eigenvalue weighted by Crippen LogP contribution is 2.28. The van der Waals surface area contributed by atoms with Crippen LogP contribution >= 0.6 is 0 Å². The van der Waals surface area contributed by atoms with Gasteiger partial charge in [0.2, 0.25) is 5.91 Å². The number of nitrogens with one attached hydrogen (secondary N) is 2. The van der Waals surface area contributed by atoms with Gasteiger partial charge in [0.05, 0.1) is 5.56 Å². The summed E-state index contributed by atoms with van der Waals surface area (Å²) in [6.45, 7) is 3.01. The van der Waals surface area contributed by atoms with E-state index < -0.39 is 11.7 Å². The third-order valence-electron chi connectivity index (χ3n) is 3.93. The number of hydrogen-bond acceptors (Lipinski definition) is 3. The molecule has 1 amide bonds. The second-order valence-corrected chi connectivity index (χ2v) is 6.08. The van der Waals surface area contributed by atoms with Gasteiger partial charge in [-0.15, -0.1) is 0 Å². The number of hydrogen-bond donors (Lipinski definition) is 2. The summed E-state index contributed by atoms with van der Waals surface area (Å²) in [5.74, 6) is 0.502. The molecule has 1 unspecified atom stereocenters. The molecule has 0 fully saturated rings. The van der Waals surface area contributed by atoms with Crippen molar-refractivity contribution in [3.8, 4) is 0 Å². The first-order valence-electron chi connectivity index (χ1n) is 8.45. The first kappa shape index (κ1) is 19.8. The van der Waals surface area contributed by atoms with Gasteiger partial charge in [0.15, 0.2) is 0 Å². The Kier molecular flexibility index (Phi) is 7.00. The molecule has 1 aromatic heterocycles. The molecule has 0 spiro atoms. The van der Waals surface area contributed by atoms with Crippen molar-refractivity contribution in [1.82, 2.24) is 10.3 Å². The molecule has 2 aromatic rings. The average Bonchev–Trinajstić information content (AvgIpc) is 2.62. The summed E-state index contributed by atoms with van der Waals surface area (Å²) in [5, 5.41) is 5.78. The van der Waals surface area contributed by atoms with Gasteiger partial charge in [-0.2, -0.15) is 13.2 Å². The predicted octanol–water partition coefficient (Wildman–Crippen LogP) is 4.21. The van der Waals surface area contributed by atoms with E-state index in [2.05, 4.69) is 15.6 Å². The van der Waals surface area contributed by atoms with E-state index in [9.17, 15) is 18.0 Å². The minimum absolute atomic E-state index is 0.0194. The Hall–Kier alpha value is -2.57. The molecule has 1 aromatic carbocycles. The summed E-state index contributed by atoms with van der Waals surface area (Å²) in [6, 6.07) is 12.1. The molecule has 2 N–H and O–H groups in total. The van der Waals surface area contributed by atoms with Gasteiger partial charge in [-0.1, -0.05) is 37.3 Å². The van der Waals surface area contributed by atoms with E-state index in [0.717, 1.165) is 17.8 Å². The van der Waals surface area contributed by atoms with Crippen LogP contribution in [0, 0.1) is 0 Å². The molecule has 7 heteroatoms. The third kappa shape index (κ3) is 6.38. The van der Waals surface area contributed by atoms with Crippen molar-refractivity contribution >= 4 is 11.7 Å². The van der Waals surface area contributed by atoms with Crippen LogP contribution in [-0.4, -0.2) is 24.0 Å². The van der Waals surface area contributed by atoms with Crippen LogP contribution in [0.5, 0.6) is 0 Å². The van der Waals surface area contributed by atoms with Crippen molar-refractivity contribution in [3.05, 3.63) is 59.8 Å². The number of pyridine rings is 1. The van der Waals surface area contributed by atoms with Crippen LogP contribution < -0.4 is 10.6 Å². The van der Waals surface area contributed by atoms with Crippen LogP contribution in [0.4, 0.5) is 19.0 Å². The standard InChI is InChI=1S/C19H22F3N3O/c1-14(15-6-3-2-4-7-15)12-18(26)24-11-5-10-23-17-9-8-16(13-25-17)19(20,21)22/h2-4,6-9,13-14H,5,10-12H2,1H3,(H,23,25)(H,24,26). The summed E-state index contributed by atoms with van der Waals surface area (Å²) in [4.78, 5) is 15.7. The molecule has 1 heterocycles. The number of aromatic nitrogens is 1. The van der Waals surface area contributed by atoms with Crippen LogP contribution in [0.2, 0.25) is 0 Å². The van der Waals surface area contributed by atoms with Crippen LogP contribution in [0.25, 0.3) is 0 Å². The summed E-state index contributed by atoms with van der Waals surface area (Å²) in [7, 11) is 0. The Morgan fingerprint density at radius 1 is 1.12 bits per heavy atom. The summed E-state index contributed by atoms with van der Waals surface area (Å²) in [5.41, 5.74) is 0.348. The van der Waals surface area contributed by atoms with Crippen molar-refractivity contribution in [1.29, 1.82) is 0 Å². The van der Waals surface area contributed by atoms with Crippen molar-refractivity contribution in [3.63, 3.8) is 0 Å². The van der Waals surface area contributed by atoms with Crippen molar-refractivity contribution in [2.24, 2.45) is 0 Å². The molecule has 0 radical (unpaired) electrons. The molecule has 0 saturated carbocycles. The van der Waals surface area contributed by atoms with Crippen LogP contribution in [-0.2, 0) is 11.0 Å². The molecule has 0 aliphatic rings. The largest absolute Gasteiger partial charge is 0.417 e. The lowest BCUT2D eigenvalue weighted by molar-refractivity contribution is -0.137. The second-order valence-electron chi connectivity index (χ2n) is 6.08. The van der Waals surface area contributed by atoms with Crippen LogP contribution in [0.15, 0.2) is 48.7 Å². The first-order chi connectivity index (χ1) is 12.4. The maximum atomic E-state index is 12.4. The highest BCUT2D eigenvalue weighted by Gasteiger charge is 2.30. The fourth-order valence-electron chi connectivity index (χ4n) is 2.45. The number of nitrogens with zero attached hydrogens (tertiary/aromatic N) is 1. The lowest BCUT2D eigenvalue weighted by Crippen LogP contribution is -2.26. The second kappa shape index (κ2) is 9.22. The van der Waals surface area contributed by atoms with Crippen molar-refractivity contribution in [2.45, 2.75) is 31.9 Å². The van der Waals surface area contributed by atoms with Gasteiger partial charge >= 0.3 is 6.18 Å². The molecule has 140 valence electrons. The molecule has 0 aliphatic heterocycles. The zero-order chi connectivity index (χ0) is 19.0. The smallest absolute Gasteiger partial charge is 0.370 e. The van der Waals surface area contributed by atoms with E-state index >= 15 is 0 Å². The van der Waals surface area contributed by atoms with Gasteiger partial charge in [-0.25, -0.2) is 4.98 Å². The van der Waals surface area contributed by atoms with Crippen LogP contribution in [0.1, 0.15) is 36.8 Å². The lowest BCUT2D eigenvalue weighted by Gasteiger charge is -2.12. The SMILES string of the molecule is CC(CC(=O)NCCCNc1ccc(C(F)(F)F)cn1)c1ccccc1. The number of benzene rings is 1.